The van der Waals surface area contributed by atoms with Gasteiger partial charge in [-0.25, -0.2) is 19.2 Å². The third-order valence-corrected chi connectivity index (χ3v) is 3.61. The number of hydrogen-bond donors (Lipinski definition) is 2. The minimum atomic E-state index is -2.73. The SMILES string of the molecule is O=C(NCc1ccc(-n2ccnc2)c(F)c1)NCc1nccn1C(F)F. The van der Waals surface area contributed by atoms with E-state index in [9.17, 15) is 18.0 Å². The minimum Gasteiger partial charge on any atom is -0.334 e. The zero-order chi connectivity index (χ0) is 18.5. The molecule has 0 unspecified atom stereocenters. The Balaban J connectivity index is 1.53. The summed E-state index contributed by atoms with van der Waals surface area (Å²) in [5.74, 6) is -0.424. The van der Waals surface area contributed by atoms with Crippen molar-refractivity contribution in [2.75, 3.05) is 0 Å². The molecule has 26 heavy (non-hydrogen) atoms. The summed E-state index contributed by atoms with van der Waals surface area (Å²) in [6.07, 6.45) is 6.99. The average molecular weight is 364 g/mol. The van der Waals surface area contributed by atoms with Gasteiger partial charge in [0.05, 0.1) is 18.6 Å². The lowest BCUT2D eigenvalue weighted by Crippen LogP contribution is -2.35. The van der Waals surface area contributed by atoms with E-state index in [0.29, 0.717) is 15.8 Å². The van der Waals surface area contributed by atoms with E-state index in [1.165, 1.54) is 23.2 Å². The van der Waals surface area contributed by atoms with Crippen LogP contribution in [0, 0.1) is 5.82 Å². The van der Waals surface area contributed by atoms with Gasteiger partial charge in [0.15, 0.2) is 0 Å². The first-order valence-corrected chi connectivity index (χ1v) is 7.63. The first kappa shape index (κ1) is 17.5. The summed E-state index contributed by atoms with van der Waals surface area (Å²) < 4.78 is 41.7. The van der Waals surface area contributed by atoms with Crippen LogP contribution in [0.15, 0.2) is 49.3 Å². The summed E-state index contributed by atoms with van der Waals surface area (Å²) in [7, 11) is 0. The zero-order valence-electron chi connectivity index (χ0n) is 13.4. The van der Waals surface area contributed by atoms with Gasteiger partial charge in [-0.1, -0.05) is 6.07 Å². The molecule has 2 aromatic heterocycles. The summed E-state index contributed by atoms with van der Waals surface area (Å²) in [5.41, 5.74) is 0.894. The molecule has 0 aliphatic heterocycles. The molecule has 1 aromatic carbocycles. The van der Waals surface area contributed by atoms with Crippen LogP contribution >= 0.6 is 0 Å². The molecule has 0 saturated heterocycles. The monoisotopic (exact) mass is 364 g/mol. The molecule has 0 aliphatic carbocycles. The number of benzene rings is 1. The third-order valence-electron chi connectivity index (χ3n) is 3.61. The maximum Gasteiger partial charge on any atom is 0.319 e. The van der Waals surface area contributed by atoms with Gasteiger partial charge in [0, 0.05) is 31.3 Å². The van der Waals surface area contributed by atoms with E-state index in [-0.39, 0.29) is 18.9 Å². The topological polar surface area (TPSA) is 76.8 Å². The second kappa shape index (κ2) is 7.72. The van der Waals surface area contributed by atoms with E-state index < -0.39 is 18.4 Å². The molecule has 3 rings (SSSR count). The lowest BCUT2D eigenvalue weighted by Gasteiger charge is -2.10. The Hall–Kier alpha value is -3.30. The molecule has 0 atom stereocenters. The number of imidazole rings is 2. The van der Waals surface area contributed by atoms with Gasteiger partial charge >= 0.3 is 12.6 Å². The summed E-state index contributed by atoms with van der Waals surface area (Å²) in [4.78, 5) is 19.4. The second-order valence-electron chi connectivity index (χ2n) is 5.32. The van der Waals surface area contributed by atoms with E-state index in [1.807, 2.05) is 0 Å². The summed E-state index contributed by atoms with van der Waals surface area (Å²) in [6.45, 7) is -2.80. The van der Waals surface area contributed by atoms with Gasteiger partial charge < -0.3 is 15.2 Å². The van der Waals surface area contributed by atoms with Crippen molar-refractivity contribution in [2.24, 2.45) is 0 Å². The Bertz CT molecular complexity index is 878. The molecule has 2 N–H and O–H groups in total. The van der Waals surface area contributed by atoms with Crippen molar-refractivity contribution >= 4 is 6.03 Å². The fraction of sp³-hybridized carbons (Fsp3) is 0.188. The van der Waals surface area contributed by atoms with Crippen LogP contribution in [0.4, 0.5) is 18.0 Å². The Labute approximate surface area is 146 Å². The van der Waals surface area contributed by atoms with Gasteiger partial charge in [-0.3, -0.25) is 4.57 Å². The lowest BCUT2D eigenvalue weighted by molar-refractivity contribution is 0.0667. The largest absolute Gasteiger partial charge is 0.334 e. The summed E-state index contributed by atoms with van der Waals surface area (Å²) in [5, 5.41) is 4.96. The van der Waals surface area contributed by atoms with Gasteiger partial charge in [-0.2, -0.15) is 8.78 Å². The number of hydrogen-bond acceptors (Lipinski definition) is 3. The zero-order valence-corrected chi connectivity index (χ0v) is 13.4. The first-order valence-electron chi connectivity index (χ1n) is 7.63. The quantitative estimate of drug-likeness (QED) is 0.706. The van der Waals surface area contributed by atoms with Gasteiger partial charge in [0.2, 0.25) is 0 Å². The number of aromatic nitrogens is 4. The fourth-order valence-electron chi connectivity index (χ4n) is 2.33. The van der Waals surface area contributed by atoms with Crippen LogP contribution in [-0.2, 0) is 13.1 Å². The molecule has 136 valence electrons. The van der Waals surface area contributed by atoms with E-state index >= 15 is 0 Å². The maximum absolute atomic E-state index is 14.1. The number of rotatable bonds is 6. The Kier molecular flexibility index (Phi) is 5.20. The predicted molar refractivity (Wildman–Crippen MR) is 86.1 cm³/mol. The van der Waals surface area contributed by atoms with Crippen molar-refractivity contribution in [1.29, 1.82) is 0 Å². The standard InChI is InChI=1S/C16H15F3N6O/c17-12-7-11(1-2-13(12)24-5-3-20-10-24)8-22-16(26)23-9-14-21-4-6-25(14)15(18)19/h1-7,10,15H,8-9H2,(H2,22,23,26). The predicted octanol–water partition coefficient (Wildman–Crippen LogP) is 2.60. The Morgan fingerprint density at radius 1 is 1.15 bits per heavy atom. The van der Waals surface area contributed by atoms with Crippen molar-refractivity contribution in [1.82, 2.24) is 29.7 Å². The molecule has 3 aromatic rings. The van der Waals surface area contributed by atoms with E-state index in [1.54, 1.807) is 24.5 Å². The van der Waals surface area contributed by atoms with Crippen LogP contribution in [-0.4, -0.2) is 25.1 Å². The van der Waals surface area contributed by atoms with Crippen LogP contribution in [0.3, 0.4) is 0 Å². The van der Waals surface area contributed by atoms with E-state index in [4.69, 9.17) is 0 Å². The normalized spacial score (nSPS) is 10.9. The highest BCUT2D eigenvalue weighted by Gasteiger charge is 2.12. The highest BCUT2D eigenvalue weighted by atomic mass is 19.3. The number of halogens is 3. The van der Waals surface area contributed by atoms with Crippen LogP contribution in [0.1, 0.15) is 17.9 Å². The number of urea groups is 1. The number of carbonyl (C=O) groups excluding carboxylic acids is 1. The first-order chi connectivity index (χ1) is 12.5. The molecule has 7 nitrogen and oxygen atoms in total. The number of carbonyl (C=O) groups is 1. The molecule has 2 amide bonds. The molecule has 0 radical (unpaired) electrons. The Morgan fingerprint density at radius 3 is 2.65 bits per heavy atom. The molecule has 0 saturated carbocycles. The van der Waals surface area contributed by atoms with Crippen molar-refractivity contribution in [2.45, 2.75) is 19.6 Å². The molecule has 0 bridgehead atoms. The number of alkyl halides is 2. The van der Waals surface area contributed by atoms with E-state index in [2.05, 4.69) is 20.6 Å². The molecule has 2 heterocycles. The van der Waals surface area contributed by atoms with Crippen LogP contribution < -0.4 is 10.6 Å². The number of nitrogens with zero attached hydrogens (tertiary/aromatic N) is 4. The molecular weight excluding hydrogens is 349 g/mol. The van der Waals surface area contributed by atoms with Crippen LogP contribution in [0.25, 0.3) is 5.69 Å². The molecule has 10 heteroatoms. The van der Waals surface area contributed by atoms with Crippen molar-refractivity contribution < 1.29 is 18.0 Å². The van der Waals surface area contributed by atoms with Crippen molar-refractivity contribution in [3.63, 3.8) is 0 Å². The smallest absolute Gasteiger partial charge is 0.319 e. The van der Waals surface area contributed by atoms with Crippen molar-refractivity contribution in [3.05, 3.63) is 66.5 Å². The Morgan fingerprint density at radius 2 is 1.96 bits per heavy atom. The van der Waals surface area contributed by atoms with Gasteiger partial charge in [-0.05, 0) is 17.7 Å². The highest BCUT2D eigenvalue weighted by Crippen LogP contribution is 2.15. The lowest BCUT2D eigenvalue weighted by atomic mass is 10.2. The molecule has 0 fully saturated rings. The van der Waals surface area contributed by atoms with Gasteiger partial charge in [0.25, 0.3) is 0 Å². The number of nitrogens with one attached hydrogen (secondary N) is 2. The fourth-order valence-corrected chi connectivity index (χ4v) is 2.33. The van der Waals surface area contributed by atoms with Crippen LogP contribution in [0.5, 0.6) is 0 Å². The summed E-state index contributed by atoms with van der Waals surface area (Å²) in [6, 6.07) is 3.97. The molecular formula is C16H15F3N6O. The highest BCUT2D eigenvalue weighted by molar-refractivity contribution is 5.73. The maximum atomic E-state index is 14.1. The third kappa shape index (κ3) is 4.02. The molecule has 0 aliphatic rings. The minimum absolute atomic E-state index is 0.0332. The van der Waals surface area contributed by atoms with Crippen molar-refractivity contribution in [3.8, 4) is 5.69 Å². The van der Waals surface area contributed by atoms with Gasteiger partial charge in [-0.15, -0.1) is 0 Å². The number of amides is 2. The van der Waals surface area contributed by atoms with E-state index in [0.717, 1.165) is 6.20 Å². The van der Waals surface area contributed by atoms with Gasteiger partial charge in [0.1, 0.15) is 11.6 Å². The second-order valence-corrected chi connectivity index (χ2v) is 5.32. The average Bonchev–Trinajstić information content (AvgIpc) is 3.29. The van der Waals surface area contributed by atoms with Crippen LogP contribution in [0.2, 0.25) is 0 Å². The summed E-state index contributed by atoms with van der Waals surface area (Å²) >= 11 is 0. The molecule has 0 spiro atoms.